The van der Waals surface area contributed by atoms with Crippen LogP contribution in [0.15, 0.2) is 30.6 Å². The Balaban J connectivity index is 1.51. The van der Waals surface area contributed by atoms with Gasteiger partial charge in [0.1, 0.15) is 12.2 Å². The van der Waals surface area contributed by atoms with E-state index in [0.29, 0.717) is 30.5 Å². The predicted octanol–water partition coefficient (Wildman–Crippen LogP) is 2.78. The molecule has 1 N–H and O–H groups in total. The molecule has 0 saturated heterocycles. The maximum Gasteiger partial charge on any atom is 0.244 e. The van der Waals surface area contributed by atoms with Crippen LogP contribution in [0.25, 0.3) is 6.08 Å². The van der Waals surface area contributed by atoms with Gasteiger partial charge in [-0.2, -0.15) is 0 Å². The number of carbonyl (C=O) groups excluding carboxylic acids is 1. The SMILES string of the molecule is COc1cc(C=CC(=O)NCCc2nncn2C2CC2)ccc1OC(C)C. The van der Waals surface area contributed by atoms with Crippen LogP contribution in [0.5, 0.6) is 11.5 Å². The zero-order chi connectivity index (χ0) is 19.2. The Bertz CT molecular complexity index is 809. The van der Waals surface area contributed by atoms with E-state index < -0.39 is 0 Å². The van der Waals surface area contributed by atoms with E-state index in [1.807, 2.05) is 32.0 Å². The van der Waals surface area contributed by atoms with Crippen LogP contribution in [-0.2, 0) is 11.2 Å². The molecule has 0 spiro atoms. The van der Waals surface area contributed by atoms with E-state index in [1.54, 1.807) is 19.5 Å². The Hall–Kier alpha value is -2.83. The van der Waals surface area contributed by atoms with E-state index >= 15 is 0 Å². The number of nitrogens with one attached hydrogen (secondary N) is 1. The van der Waals surface area contributed by atoms with Crippen molar-refractivity contribution in [2.45, 2.75) is 45.3 Å². The Morgan fingerprint density at radius 3 is 2.89 bits per heavy atom. The molecule has 0 aliphatic heterocycles. The molecular formula is C20H26N4O3. The molecule has 2 aromatic rings. The topological polar surface area (TPSA) is 78.3 Å². The fraction of sp³-hybridized carbons (Fsp3) is 0.450. The average molecular weight is 370 g/mol. The van der Waals surface area contributed by atoms with Gasteiger partial charge in [-0.05, 0) is 50.5 Å². The average Bonchev–Trinajstić information content (AvgIpc) is 3.39. The zero-order valence-electron chi connectivity index (χ0n) is 16.0. The van der Waals surface area contributed by atoms with Crippen molar-refractivity contribution in [3.8, 4) is 11.5 Å². The number of hydrogen-bond donors (Lipinski definition) is 1. The number of rotatable bonds is 9. The lowest BCUT2D eigenvalue weighted by Gasteiger charge is -2.13. The van der Waals surface area contributed by atoms with Crippen LogP contribution < -0.4 is 14.8 Å². The van der Waals surface area contributed by atoms with Gasteiger partial charge in [0.2, 0.25) is 5.91 Å². The number of methoxy groups -OCH3 is 1. The molecule has 1 saturated carbocycles. The van der Waals surface area contributed by atoms with Crippen LogP contribution >= 0.6 is 0 Å². The molecule has 1 aliphatic rings. The van der Waals surface area contributed by atoms with Crippen molar-refractivity contribution < 1.29 is 14.3 Å². The lowest BCUT2D eigenvalue weighted by molar-refractivity contribution is -0.116. The minimum absolute atomic E-state index is 0.0665. The molecule has 1 fully saturated rings. The smallest absolute Gasteiger partial charge is 0.244 e. The number of amides is 1. The van der Waals surface area contributed by atoms with Gasteiger partial charge in [-0.15, -0.1) is 10.2 Å². The van der Waals surface area contributed by atoms with Crippen LogP contribution in [0.2, 0.25) is 0 Å². The van der Waals surface area contributed by atoms with Crippen molar-refractivity contribution in [2.75, 3.05) is 13.7 Å². The number of hydrogen-bond acceptors (Lipinski definition) is 5. The number of benzene rings is 1. The summed E-state index contributed by atoms with van der Waals surface area (Å²) in [5, 5.41) is 11.0. The van der Waals surface area contributed by atoms with E-state index in [4.69, 9.17) is 9.47 Å². The highest BCUT2D eigenvalue weighted by Crippen LogP contribution is 2.35. The second-order valence-corrected chi connectivity index (χ2v) is 6.84. The third-order valence-electron chi connectivity index (χ3n) is 4.21. The van der Waals surface area contributed by atoms with Gasteiger partial charge in [-0.1, -0.05) is 6.07 Å². The standard InChI is InChI=1S/C20H26N4O3/c1-14(2)27-17-8-4-15(12-18(17)26-3)5-9-20(25)21-11-10-19-23-22-13-24(19)16-6-7-16/h4-5,8-9,12-14,16H,6-7,10-11H2,1-3H3,(H,21,25). The zero-order valence-corrected chi connectivity index (χ0v) is 16.0. The van der Waals surface area contributed by atoms with Crippen LogP contribution in [0.4, 0.5) is 0 Å². The van der Waals surface area contributed by atoms with E-state index in [-0.39, 0.29) is 12.0 Å². The normalized spacial score (nSPS) is 13.9. The summed E-state index contributed by atoms with van der Waals surface area (Å²) in [6, 6.07) is 6.13. The molecule has 1 amide bonds. The van der Waals surface area contributed by atoms with E-state index in [2.05, 4.69) is 20.1 Å². The highest BCUT2D eigenvalue weighted by Gasteiger charge is 2.25. The minimum atomic E-state index is -0.144. The second kappa shape index (κ2) is 8.70. The van der Waals surface area contributed by atoms with Crippen LogP contribution in [0, 0.1) is 0 Å². The van der Waals surface area contributed by atoms with E-state index in [0.717, 1.165) is 11.4 Å². The summed E-state index contributed by atoms with van der Waals surface area (Å²) < 4.78 is 13.2. The van der Waals surface area contributed by atoms with Crippen molar-refractivity contribution in [1.29, 1.82) is 0 Å². The summed E-state index contributed by atoms with van der Waals surface area (Å²) in [6.07, 6.45) is 8.15. The van der Waals surface area contributed by atoms with Crippen molar-refractivity contribution in [1.82, 2.24) is 20.1 Å². The number of aromatic nitrogens is 3. The molecule has 144 valence electrons. The predicted molar refractivity (Wildman–Crippen MR) is 103 cm³/mol. The first-order valence-electron chi connectivity index (χ1n) is 9.26. The summed E-state index contributed by atoms with van der Waals surface area (Å²) in [5.41, 5.74) is 0.867. The van der Waals surface area contributed by atoms with Crippen LogP contribution in [0.1, 0.15) is 44.1 Å². The summed E-state index contributed by atoms with van der Waals surface area (Å²) in [6.45, 7) is 4.45. The maximum absolute atomic E-state index is 12.0. The third kappa shape index (κ3) is 5.32. The third-order valence-corrected chi connectivity index (χ3v) is 4.21. The molecular weight excluding hydrogens is 344 g/mol. The summed E-state index contributed by atoms with van der Waals surface area (Å²) in [7, 11) is 1.60. The molecule has 0 unspecified atom stereocenters. The molecule has 1 aromatic carbocycles. The minimum Gasteiger partial charge on any atom is -0.493 e. The molecule has 0 atom stereocenters. The van der Waals surface area contributed by atoms with Gasteiger partial charge >= 0.3 is 0 Å². The number of nitrogens with zero attached hydrogens (tertiary/aromatic N) is 3. The van der Waals surface area contributed by atoms with Crippen molar-refractivity contribution in [3.63, 3.8) is 0 Å². The van der Waals surface area contributed by atoms with Gasteiger partial charge in [0.25, 0.3) is 0 Å². The summed E-state index contributed by atoms with van der Waals surface area (Å²) in [5.74, 6) is 2.11. The van der Waals surface area contributed by atoms with Gasteiger partial charge in [-0.3, -0.25) is 4.79 Å². The van der Waals surface area contributed by atoms with Crippen LogP contribution in [0.3, 0.4) is 0 Å². The Kier molecular flexibility index (Phi) is 6.11. The van der Waals surface area contributed by atoms with Crippen LogP contribution in [-0.4, -0.2) is 40.4 Å². The largest absolute Gasteiger partial charge is 0.493 e. The Morgan fingerprint density at radius 1 is 1.37 bits per heavy atom. The Morgan fingerprint density at radius 2 is 2.19 bits per heavy atom. The molecule has 1 aromatic heterocycles. The van der Waals surface area contributed by atoms with Crippen molar-refractivity contribution in [2.24, 2.45) is 0 Å². The molecule has 27 heavy (non-hydrogen) atoms. The first-order chi connectivity index (χ1) is 13.1. The second-order valence-electron chi connectivity index (χ2n) is 6.84. The molecule has 0 radical (unpaired) electrons. The molecule has 3 rings (SSSR count). The van der Waals surface area contributed by atoms with Gasteiger partial charge in [0.15, 0.2) is 11.5 Å². The van der Waals surface area contributed by atoms with Crippen molar-refractivity contribution >= 4 is 12.0 Å². The molecule has 0 bridgehead atoms. The van der Waals surface area contributed by atoms with Gasteiger partial charge in [0.05, 0.1) is 13.2 Å². The first kappa shape index (κ1) is 18.9. The quantitative estimate of drug-likeness (QED) is 0.687. The number of ether oxygens (including phenoxy) is 2. The summed E-state index contributed by atoms with van der Waals surface area (Å²) >= 11 is 0. The fourth-order valence-electron chi connectivity index (χ4n) is 2.77. The summed E-state index contributed by atoms with van der Waals surface area (Å²) in [4.78, 5) is 12.0. The molecule has 1 heterocycles. The van der Waals surface area contributed by atoms with Crippen molar-refractivity contribution in [3.05, 3.63) is 42.0 Å². The van der Waals surface area contributed by atoms with Gasteiger partial charge in [-0.25, -0.2) is 0 Å². The lowest BCUT2D eigenvalue weighted by Crippen LogP contribution is -2.24. The van der Waals surface area contributed by atoms with E-state index in [9.17, 15) is 4.79 Å². The monoisotopic (exact) mass is 370 g/mol. The first-order valence-corrected chi connectivity index (χ1v) is 9.26. The lowest BCUT2D eigenvalue weighted by atomic mass is 10.2. The Labute approximate surface area is 159 Å². The molecule has 7 heteroatoms. The van der Waals surface area contributed by atoms with Gasteiger partial charge < -0.3 is 19.4 Å². The maximum atomic E-state index is 12.0. The molecule has 7 nitrogen and oxygen atoms in total. The highest BCUT2D eigenvalue weighted by molar-refractivity contribution is 5.91. The van der Waals surface area contributed by atoms with Gasteiger partial charge in [0, 0.05) is 25.1 Å². The highest BCUT2D eigenvalue weighted by atomic mass is 16.5. The molecule has 1 aliphatic carbocycles. The fourth-order valence-corrected chi connectivity index (χ4v) is 2.77. The van der Waals surface area contributed by atoms with E-state index in [1.165, 1.54) is 18.9 Å². The number of carbonyl (C=O) groups is 1.